The van der Waals surface area contributed by atoms with E-state index in [-0.39, 0.29) is 0 Å². The van der Waals surface area contributed by atoms with Crippen molar-refractivity contribution < 1.29 is 0 Å². The molecule has 0 amide bonds. The lowest BCUT2D eigenvalue weighted by molar-refractivity contribution is 1.24. The Kier molecular flexibility index (Phi) is 2.35. The molecule has 1 rings (SSSR count). The topological polar surface area (TPSA) is 12.4 Å². The predicted octanol–water partition coefficient (Wildman–Crippen LogP) is 2.92. The molecule has 0 N–H and O–H groups in total. The lowest BCUT2D eigenvalue weighted by atomic mass is 10.1. The molecule has 0 fully saturated rings. The summed E-state index contributed by atoms with van der Waals surface area (Å²) in [6.07, 6.45) is 0. The molecule has 0 unspecified atom stereocenters. The Labute approximate surface area is 72.6 Å². The van der Waals surface area contributed by atoms with Crippen molar-refractivity contribution in [3.8, 4) is 0 Å². The Bertz CT molecular complexity index is 292. The first-order chi connectivity index (χ1) is 5.16. The molecule has 0 bridgehead atoms. The summed E-state index contributed by atoms with van der Waals surface area (Å²) < 4.78 is 0. The Morgan fingerprint density at radius 3 is 2.27 bits per heavy atom. The second-order valence-electron chi connectivity index (χ2n) is 2.55. The zero-order valence-electron chi connectivity index (χ0n) is 6.76. The van der Waals surface area contributed by atoms with Crippen molar-refractivity contribution >= 4 is 25.0 Å². The van der Waals surface area contributed by atoms with Crippen LogP contribution in [0.2, 0.25) is 0 Å². The average Bonchev–Trinajstić information content (AvgIpc) is 1.99. The molecule has 1 aromatic rings. The van der Waals surface area contributed by atoms with Crippen molar-refractivity contribution in [2.45, 2.75) is 18.7 Å². The minimum Gasteiger partial charge on any atom is -0.263 e. The molecule has 0 atom stereocenters. The van der Waals surface area contributed by atoms with Crippen LogP contribution >= 0.6 is 12.6 Å². The third kappa shape index (κ3) is 1.46. The zero-order valence-corrected chi connectivity index (χ0v) is 7.65. The minimum absolute atomic E-state index is 0.897. The van der Waals surface area contributed by atoms with E-state index in [9.17, 15) is 0 Å². The van der Waals surface area contributed by atoms with Crippen LogP contribution in [0.25, 0.3) is 0 Å². The second kappa shape index (κ2) is 3.09. The van der Waals surface area contributed by atoms with Crippen LogP contribution in [0.4, 0.5) is 5.69 Å². The van der Waals surface area contributed by atoms with Gasteiger partial charge >= 0.3 is 0 Å². The van der Waals surface area contributed by atoms with Crippen LogP contribution in [-0.4, -0.2) is 6.72 Å². The van der Waals surface area contributed by atoms with Crippen LogP contribution in [0.15, 0.2) is 22.0 Å². The molecule has 0 aliphatic carbocycles. The van der Waals surface area contributed by atoms with Gasteiger partial charge in [-0.25, -0.2) is 0 Å². The number of aliphatic imine (C=N–C) groups is 1. The van der Waals surface area contributed by atoms with Gasteiger partial charge in [-0.15, -0.1) is 12.6 Å². The summed E-state index contributed by atoms with van der Waals surface area (Å²) in [6.45, 7) is 7.51. The van der Waals surface area contributed by atoms with Crippen LogP contribution in [0, 0.1) is 13.8 Å². The third-order valence-electron chi connectivity index (χ3n) is 1.71. The minimum atomic E-state index is 0.897. The van der Waals surface area contributed by atoms with E-state index in [1.807, 2.05) is 26.0 Å². The summed E-state index contributed by atoms with van der Waals surface area (Å²) in [4.78, 5) is 4.83. The molecular weight excluding hydrogens is 154 g/mol. The molecule has 0 aliphatic rings. The van der Waals surface area contributed by atoms with Gasteiger partial charge in [-0.3, -0.25) is 4.99 Å². The van der Waals surface area contributed by atoms with Crippen LogP contribution in [0.5, 0.6) is 0 Å². The number of rotatable bonds is 1. The molecule has 2 heteroatoms. The fraction of sp³-hybridized carbons (Fsp3) is 0.222. The van der Waals surface area contributed by atoms with Crippen LogP contribution in [-0.2, 0) is 0 Å². The van der Waals surface area contributed by atoms with Gasteiger partial charge < -0.3 is 0 Å². The number of thiol groups is 1. The summed E-state index contributed by atoms with van der Waals surface area (Å²) in [6, 6.07) is 4.06. The average molecular weight is 165 g/mol. The molecule has 0 aromatic heterocycles. The normalized spacial score (nSPS) is 9.73. The van der Waals surface area contributed by atoms with Crippen molar-refractivity contribution in [2.75, 3.05) is 0 Å². The predicted molar refractivity (Wildman–Crippen MR) is 52.4 cm³/mol. The monoisotopic (exact) mass is 165 g/mol. The van der Waals surface area contributed by atoms with E-state index in [4.69, 9.17) is 0 Å². The standard InChI is InChI=1S/C9H11NS/c1-6-4-5-7(2)9(11)8(6)10-3/h4-5,11H,3H2,1-2H3. The smallest absolute Gasteiger partial charge is 0.0787 e. The second-order valence-corrected chi connectivity index (χ2v) is 3.00. The van der Waals surface area contributed by atoms with E-state index in [0.29, 0.717) is 0 Å². The summed E-state index contributed by atoms with van der Waals surface area (Å²) in [5.74, 6) is 0. The first-order valence-electron chi connectivity index (χ1n) is 3.42. The number of hydrogen-bond acceptors (Lipinski definition) is 2. The van der Waals surface area contributed by atoms with E-state index >= 15 is 0 Å². The first kappa shape index (κ1) is 8.34. The maximum Gasteiger partial charge on any atom is 0.0787 e. The number of nitrogens with zero attached hydrogens (tertiary/aromatic N) is 1. The van der Waals surface area contributed by atoms with Gasteiger partial charge in [-0.1, -0.05) is 12.1 Å². The molecule has 0 aliphatic heterocycles. The van der Waals surface area contributed by atoms with Crippen molar-refractivity contribution in [1.29, 1.82) is 0 Å². The summed E-state index contributed by atoms with van der Waals surface area (Å²) in [5.41, 5.74) is 3.16. The van der Waals surface area contributed by atoms with E-state index in [0.717, 1.165) is 21.7 Å². The van der Waals surface area contributed by atoms with Gasteiger partial charge in [0.15, 0.2) is 0 Å². The first-order valence-corrected chi connectivity index (χ1v) is 3.87. The molecule has 11 heavy (non-hydrogen) atoms. The maximum absolute atomic E-state index is 4.33. The van der Waals surface area contributed by atoms with Gasteiger partial charge in [-0.2, -0.15) is 0 Å². The Morgan fingerprint density at radius 2 is 1.82 bits per heavy atom. The van der Waals surface area contributed by atoms with Crippen molar-refractivity contribution in [3.63, 3.8) is 0 Å². The van der Waals surface area contributed by atoms with Gasteiger partial charge in [0, 0.05) is 4.90 Å². The molecule has 1 nitrogen and oxygen atoms in total. The molecule has 0 saturated carbocycles. The largest absolute Gasteiger partial charge is 0.263 e. The highest BCUT2D eigenvalue weighted by atomic mass is 32.1. The fourth-order valence-electron chi connectivity index (χ4n) is 0.981. The molecule has 0 saturated heterocycles. The molecule has 1 aromatic carbocycles. The summed E-state index contributed by atoms with van der Waals surface area (Å²) in [7, 11) is 0. The fourth-order valence-corrected chi connectivity index (χ4v) is 1.30. The highest BCUT2D eigenvalue weighted by molar-refractivity contribution is 7.80. The lowest BCUT2D eigenvalue weighted by Crippen LogP contribution is -1.80. The van der Waals surface area contributed by atoms with E-state index in [2.05, 4.69) is 24.3 Å². The lowest BCUT2D eigenvalue weighted by Gasteiger charge is -2.05. The maximum atomic E-state index is 4.33. The zero-order chi connectivity index (χ0) is 8.43. The van der Waals surface area contributed by atoms with Crippen molar-refractivity contribution in [3.05, 3.63) is 23.3 Å². The molecule has 58 valence electrons. The molecular formula is C9H11NS. The van der Waals surface area contributed by atoms with Crippen LogP contribution < -0.4 is 0 Å². The number of hydrogen-bond donors (Lipinski definition) is 1. The van der Waals surface area contributed by atoms with Crippen molar-refractivity contribution in [2.24, 2.45) is 4.99 Å². The Morgan fingerprint density at radius 1 is 1.27 bits per heavy atom. The summed E-state index contributed by atoms with van der Waals surface area (Å²) in [5, 5.41) is 0. The quantitative estimate of drug-likeness (QED) is 0.485. The van der Waals surface area contributed by atoms with Gasteiger partial charge in [0.05, 0.1) is 5.69 Å². The molecule has 0 heterocycles. The van der Waals surface area contributed by atoms with Crippen LogP contribution in [0.3, 0.4) is 0 Å². The van der Waals surface area contributed by atoms with Gasteiger partial charge in [0.1, 0.15) is 0 Å². The van der Waals surface area contributed by atoms with Crippen LogP contribution in [0.1, 0.15) is 11.1 Å². The number of benzene rings is 1. The van der Waals surface area contributed by atoms with E-state index < -0.39 is 0 Å². The Balaban J connectivity index is 3.40. The van der Waals surface area contributed by atoms with Gasteiger partial charge in [0.25, 0.3) is 0 Å². The number of aryl methyl sites for hydroxylation is 2. The van der Waals surface area contributed by atoms with E-state index in [1.165, 1.54) is 0 Å². The van der Waals surface area contributed by atoms with Gasteiger partial charge in [0.2, 0.25) is 0 Å². The Hall–Kier alpha value is -0.760. The molecule has 0 spiro atoms. The van der Waals surface area contributed by atoms with E-state index in [1.54, 1.807) is 0 Å². The van der Waals surface area contributed by atoms with Crippen molar-refractivity contribution in [1.82, 2.24) is 0 Å². The summed E-state index contributed by atoms with van der Waals surface area (Å²) >= 11 is 4.33. The third-order valence-corrected chi connectivity index (χ3v) is 2.28. The highest BCUT2D eigenvalue weighted by Crippen LogP contribution is 2.29. The SMILES string of the molecule is C=Nc1c(C)ccc(C)c1S. The van der Waals surface area contributed by atoms with Gasteiger partial charge in [-0.05, 0) is 31.7 Å². The molecule has 0 radical (unpaired) electrons. The highest BCUT2D eigenvalue weighted by Gasteiger charge is 2.01.